The molecular weight excluding hydrogens is 331 g/mol. The maximum absolute atomic E-state index is 14.0. The van der Waals surface area contributed by atoms with E-state index < -0.39 is 0 Å². The maximum atomic E-state index is 14.0. The number of aromatic nitrogens is 1. The first-order valence-corrected chi connectivity index (χ1v) is 9.38. The van der Waals surface area contributed by atoms with Crippen LogP contribution in [0.25, 0.3) is 0 Å². The number of likely N-dealkylation sites (tertiary alicyclic amines) is 1. The second-order valence-corrected chi connectivity index (χ2v) is 7.11. The molecule has 0 unspecified atom stereocenters. The van der Waals surface area contributed by atoms with Gasteiger partial charge in [-0.15, -0.1) is 0 Å². The van der Waals surface area contributed by atoms with E-state index in [0.29, 0.717) is 17.4 Å². The zero-order valence-corrected chi connectivity index (χ0v) is 14.9. The fraction of sp³-hybridized carbons (Fsp3) is 0.450. The number of piperazine rings is 1. The topological polar surface area (TPSA) is 42.6 Å². The molecule has 6 heteroatoms. The maximum Gasteiger partial charge on any atom is 0.270 e. The van der Waals surface area contributed by atoms with Gasteiger partial charge in [-0.25, -0.2) is 4.39 Å². The summed E-state index contributed by atoms with van der Waals surface area (Å²) in [6, 6.07) is 11.1. The summed E-state index contributed by atoms with van der Waals surface area (Å²) < 4.78 is 14.0. The molecule has 3 heterocycles. The van der Waals surface area contributed by atoms with Crippen LogP contribution in [0, 0.1) is 5.82 Å². The summed E-state index contributed by atoms with van der Waals surface area (Å²) in [5, 5.41) is 0. The quantitative estimate of drug-likeness (QED) is 0.919. The normalized spacial score (nSPS) is 21.8. The molecule has 26 heavy (non-hydrogen) atoms. The van der Waals surface area contributed by atoms with Crippen LogP contribution >= 0.6 is 0 Å². The molecule has 1 amide bonds. The minimum atomic E-state index is -0.152. The first-order chi connectivity index (χ1) is 12.7. The molecule has 5 nitrogen and oxygen atoms in total. The molecular formula is C20H25FN4O. The average molecular weight is 356 g/mol. The van der Waals surface area contributed by atoms with E-state index in [1.54, 1.807) is 12.3 Å². The third kappa shape index (κ3) is 3.46. The Bertz CT molecular complexity index is 740. The van der Waals surface area contributed by atoms with Crippen molar-refractivity contribution in [3.05, 3.63) is 54.1 Å². The van der Waals surface area contributed by atoms with E-state index in [1.165, 1.54) is 6.07 Å². The van der Waals surface area contributed by atoms with Gasteiger partial charge in [0, 0.05) is 51.5 Å². The Kier molecular flexibility index (Phi) is 4.93. The number of hydrogen-bond donors (Lipinski definition) is 1. The van der Waals surface area contributed by atoms with E-state index >= 15 is 0 Å². The Morgan fingerprint density at radius 3 is 2.58 bits per heavy atom. The van der Waals surface area contributed by atoms with E-state index in [1.807, 2.05) is 29.2 Å². The number of benzene rings is 1. The zero-order chi connectivity index (χ0) is 17.9. The number of nitrogens with zero attached hydrogens (tertiary/aromatic N) is 3. The number of hydrogen-bond acceptors (Lipinski definition) is 3. The van der Waals surface area contributed by atoms with Gasteiger partial charge in [0.05, 0.1) is 5.69 Å². The molecule has 2 fully saturated rings. The van der Waals surface area contributed by atoms with Crippen LogP contribution in [0.2, 0.25) is 0 Å². The van der Waals surface area contributed by atoms with E-state index in [4.69, 9.17) is 0 Å². The van der Waals surface area contributed by atoms with Gasteiger partial charge in [-0.1, -0.05) is 12.1 Å². The number of aromatic amines is 1. The number of nitrogens with one attached hydrogen (secondary N) is 1. The highest BCUT2D eigenvalue weighted by Crippen LogP contribution is 2.23. The first-order valence-electron chi connectivity index (χ1n) is 9.38. The molecule has 1 atom stereocenters. The third-order valence-corrected chi connectivity index (χ3v) is 5.54. The van der Waals surface area contributed by atoms with E-state index in [0.717, 1.165) is 52.1 Å². The minimum absolute atomic E-state index is 0.0877. The molecule has 1 N–H and O–H groups in total. The van der Waals surface area contributed by atoms with Gasteiger partial charge in [0.1, 0.15) is 11.5 Å². The van der Waals surface area contributed by atoms with Crippen LogP contribution in [0.15, 0.2) is 42.6 Å². The number of piperidine rings is 1. The Labute approximate surface area is 153 Å². The molecule has 0 radical (unpaired) electrons. The van der Waals surface area contributed by atoms with Gasteiger partial charge >= 0.3 is 0 Å². The second-order valence-electron chi connectivity index (χ2n) is 7.11. The Hall–Kier alpha value is -2.34. The smallest absolute Gasteiger partial charge is 0.270 e. The minimum Gasteiger partial charge on any atom is -0.367 e. The number of halogens is 1. The van der Waals surface area contributed by atoms with Crippen molar-refractivity contribution in [1.29, 1.82) is 0 Å². The molecule has 1 aromatic heterocycles. The molecule has 0 saturated carbocycles. The summed E-state index contributed by atoms with van der Waals surface area (Å²) in [6.07, 6.45) is 3.94. The molecule has 0 spiro atoms. The first kappa shape index (κ1) is 17.1. The Balaban J connectivity index is 1.35. The number of carbonyl (C=O) groups is 1. The fourth-order valence-electron chi connectivity index (χ4n) is 4.11. The summed E-state index contributed by atoms with van der Waals surface area (Å²) in [5.74, 6) is -0.0639. The third-order valence-electron chi connectivity index (χ3n) is 5.54. The van der Waals surface area contributed by atoms with Crippen molar-refractivity contribution in [2.24, 2.45) is 0 Å². The highest BCUT2D eigenvalue weighted by Gasteiger charge is 2.30. The number of rotatable bonds is 3. The molecule has 2 aliphatic rings. The number of anilines is 1. The summed E-state index contributed by atoms with van der Waals surface area (Å²) in [7, 11) is 0. The number of carbonyl (C=O) groups excluding carboxylic acids is 1. The molecule has 4 rings (SSSR count). The van der Waals surface area contributed by atoms with Gasteiger partial charge < -0.3 is 14.8 Å². The summed E-state index contributed by atoms with van der Waals surface area (Å²) in [4.78, 5) is 22.1. The molecule has 2 aromatic rings. The van der Waals surface area contributed by atoms with Crippen molar-refractivity contribution in [1.82, 2.24) is 14.8 Å². The van der Waals surface area contributed by atoms with Crippen LogP contribution < -0.4 is 4.90 Å². The largest absolute Gasteiger partial charge is 0.367 e. The van der Waals surface area contributed by atoms with Crippen molar-refractivity contribution in [2.75, 3.05) is 44.2 Å². The highest BCUT2D eigenvalue weighted by molar-refractivity contribution is 5.92. The molecule has 0 aliphatic carbocycles. The number of H-pyrrole nitrogens is 1. The van der Waals surface area contributed by atoms with Crippen LogP contribution in [-0.4, -0.2) is 66.0 Å². The van der Waals surface area contributed by atoms with E-state index in [9.17, 15) is 9.18 Å². The van der Waals surface area contributed by atoms with Crippen molar-refractivity contribution in [2.45, 2.75) is 18.9 Å². The van der Waals surface area contributed by atoms with E-state index in [-0.39, 0.29) is 11.7 Å². The number of para-hydroxylation sites is 1. The molecule has 138 valence electrons. The van der Waals surface area contributed by atoms with Crippen molar-refractivity contribution in [3.8, 4) is 0 Å². The van der Waals surface area contributed by atoms with Crippen molar-refractivity contribution < 1.29 is 9.18 Å². The van der Waals surface area contributed by atoms with Crippen LogP contribution in [0.1, 0.15) is 23.3 Å². The summed E-state index contributed by atoms with van der Waals surface area (Å²) in [6.45, 7) is 5.05. The van der Waals surface area contributed by atoms with Crippen LogP contribution in [0.4, 0.5) is 10.1 Å². The second kappa shape index (κ2) is 7.50. The Morgan fingerprint density at radius 2 is 1.85 bits per heavy atom. The van der Waals surface area contributed by atoms with Gasteiger partial charge in [0.15, 0.2) is 0 Å². The van der Waals surface area contributed by atoms with Crippen LogP contribution in [-0.2, 0) is 0 Å². The monoisotopic (exact) mass is 356 g/mol. The van der Waals surface area contributed by atoms with Gasteiger partial charge in [-0.3, -0.25) is 9.69 Å². The molecule has 1 aromatic carbocycles. The van der Waals surface area contributed by atoms with Gasteiger partial charge in [0.25, 0.3) is 5.91 Å². The lowest BCUT2D eigenvalue weighted by Gasteiger charge is -2.43. The SMILES string of the molecule is O=C(c1ccc[nH]1)N1CCC[C@H](N2CCN(c3ccccc3F)CC2)C1. The van der Waals surface area contributed by atoms with Gasteiger partial charge in [0.2, 0.25) is 0 Å². The van der Waals surface area contributed by atoms with Crippen LogP contribution in [0.5, 0.6) is 0 Å². The predicted octanol–water partition coefficient (Wildman–Crippen LogP) is 2.58. The fourth-order valence-corrected chi connectivity index (χ4v) is 4.11. The summed E-state index contributed by atoms with van der Waals surface area (Å²) >= 11 is 0. The van der Waals surface area contributed by atoms with Crippen LogP contribution in [0.3, 0.4) is 0 Å². The van der Waals surface area contributed by atoms with Crippen molar-refractivity contribution in [3.63, 3.8) is 0 Å². The van der Waals surface area contributed by atoms with E-state index in [2.05, 4.69) is 14.8 Å². The lowest BCUT2D eigenvalue weighted by atomic mass is 10.0. The zero-order valence-electron chi connectivity index (χ0n) is 14.9. The average Bonchev–Trinajstić information content (AvgIpc) is 3.23. The van der Waals surface area contributed by atoms with Crippen molar-refractivity contribution >= 4 is 11.6 Å². The predicted molar refractivity (Wildman–Crippen MR) is 99.9 cm³/mol. The highest BCUT2D eigenvalue weighted by atomic mass is 19.1. The van der Waals surface area contributed by atoms with Gasteiger partial charge in [-0.05, 0) is 37.1 Å². The lowest BCUT2D eigenvalue weighted by molar-refractivity contribution is 0.0558. The molecule has 0 bridgehead atoms. The van der Waals surface area contributed by atoms with Gasteiger partial charge in [-0.2, -0.15) is 0 Å². The lowest BCUT2D eigenvalue weighted by Crippen LogP contribution is -2.56. The Morgan fingerprint density at radius 1 is 1.04 bits per heavy atom. The summed E-state index contributed by atoms with van der Waals surface area (Å²) in [5.41, 5.74) is 1.36. The number of amides is 1. The molecule has 2 saturated heterocycles. The molecule has 2 aliphatic heterocycles. The standard InChI is InChI=1S/C20H25FN4O/c21-17-6-1-2-8-19(17)24-13-11-23(12-14-24)16-5-4-10-25(15-16)20(26)18-7-3-9-22-18/h1-3,6-9,16,22H,4-5,10-15H2/t16-/m0/s1.